The van der Waals surface area contributed by atoms with E-state index in [1.165, 1.54) is 11.8 Å². The van der Waals surface area contributed by atoms with Crippen LogP contribution in [0.2, 0.25) is 0 Å². The van der Waals surface area contributed by atoms with Gasteiger partial charge < -0.3 is 14.8 Å². The van der Waals surface area contributed by atoms with Gasteiger partial charge in [-0.25, -0.2) is 9.51 Å². The molecule has 1 aliphatic heterocycles. The molecule has 0 bridgehead atoms. The van der Waals surface area contributed by atoms with Crippen LogP contribution < -0.4 is 15.7 Å². The average molecular weight is 420 g/mol. The van der Waals surface area contributed by atoms with Crippen LogP contribution in [0.4, 0.5) is 5.69 Å². The number of pyridine rings is 1. The first-order valence-corrected chi connectivity index (χ1v) is 10.6. The van der Waals surface area contributed by atoms with Crippen molar-refractivity contribution in [3.8, 4) is 0 Å². The number of allylic oxidation sites excluding steroid dienone is 1. The summed E-state index contributed by atoms with van der Waals surface area (Å²) in [4.78, 5) is 23.1. The van der Waals surface area contributed by atoms with Gasteiger partial charge in [0.05, 0.1) is 34.5 Å². The molecule has 8 heteroatoms. The molecule has 1 saturated heterocycles. The highest BCUT2D eigenvalue weighted by molar-refractivity contribution is 5.81. The molecule has 3 aromatic heterocycles. The van der Waals surface area contributed by atoms with Crippen molar-refractivity contribution in [3.63, 3.8) is 0 Å². The zero-order chi connectivity index (χ0) is 22.1. The SMILES string of the molecule is Cc1cn2nc(/C(=C/C=O)N=c3c(C)cc(N4CCN[C@H](C)C4)cn3C)cc2c(C)n1. The molecule has 1 aliphatic rings. The van der Waals surface area contributed by atoms with Gasteiger partial charge in [-0.1, -0.05) is 0 Å². The summed E-state index contributed by atoms with van der Waals surface area (Å²) in [7, 11) is 1.99. The van der Waals surface area contributed by atoms with E-state index >= 15 is 0 Å². The Morgan fingerprint density at radius 2 is 2.06 bits per heavy atom. The maximum absolute atomic E-state index is 11.4. The predicted molar refractivity (Wildman–Crippen MR) is 122 cm³/mol. The van der Waals surface area contributed by atoms with Crippen LogP contribution in [0.25, 0.3) is 11.2 Å². The van der Waals surface area contributed by atoms with Crippen molar-refractivity contribution in [1.82, 2.24) is 24.5 Å². The first kappa shape index (κ1) is 21.0. The summed E-state index contributed by atoms with van der Waals surface area (Å²) in [5, 5.41) is 8.12. The Labute approximate surface area is 181 Å². The third kappa shape index (κ3) is 4.29. The van der Waals surface area contributed by atoms with Crippen molar-refractivity contribution < 1.29 is 4.79 Å². The minimum absolute atomic E-state index is 0.461. The highest BCUT2D eigenvalue weighted by Crippen LogP contribution is 2.19. The summed E-state index contributed by atoms with van der Waals surface area (Å²) < 4.78 is 3.81. The van der Waals surface area contributed by atoms with Gasteiger partial charge in [0.1, 0.15) is 17.5 Å². The number of aryl methyl sites for hydroxylation is 4. The second-order valence-corrected chi connectivity index (χ2v) is 8.24. The van der Waals surface area contributed by atoms with Crippen LogP contribution in [0.1, 0.15) is 29.6 Å². The molecular weight excluding hydrogens is 390 g/mol. The number of nitrogens with one attached hydrogen (secondary N) is 1. The third-order valence-electron chi connectivity index (χ3n) is 5.59. The molecule has 1 atom stereocenters. The summed E-state index contributed by atoms with van der Waals surface area (Å²) in [6, 6.07) is 4.55. The number of aromatic nitrogens is 4. The maximum atomic E-state index is 11.4. The van der Waals surface area contributed by atoms with Crippen molar-refractivity contribution in [3.05, 3.63) is 58.7 Å². The van der Waals surface area contributed by atoms with Gasteiger partial charge in [-0.15, -0.1) is 0 Å². The summed E-state index contributed by atoms with van der Waals surface area (Å²) in [6.07, 6.45) is 6.19. The highest BCUT2D eigenvalue weighted by atomic mass is 16.1. The fourth-order valence-corrected chi connectivity index (χ4v) is 4.14. The molecule has 4 rings (SSSR count). The summed E-state index contributed by atoms with van der Waals surface area (Å²) in [5.74, 6) is 0. The van der Waals surface area contributed by atoms with E-state index < -0.39 is 0 Å². The Hall–Kier alpha value is -3.26. The first-order chi connectivity index (χ1) is 14.9. The van der Waals surface area contributed by atoms with E-state index in [9.17, 15) is 4.79 Å². The van der Waals surface area contributed by atoms with Crippen LogP contribution in [0.3, 0.4) is 0 Å². The maximum Gasteiger partial charge on any atom is 0.145 e. The molecule has 0 spiro atoms. The van der Waals surface area contributed by atoms with Gasteiger partial charge in [-0.3, -0.25) is 9.78 Å². The van der Waals surface area contributed by atoms with E-state index in [0.717, 1.165) is 53.9 Å². The number of hydrogen-bond acceptors (Lipinski definition) is 6. The van der Waals surface area contributed by atoms with Crippen LogP contribution in [-0.4, -0.2) is 51.1 Å². The van der Waals surface area contributed by atoms with Gasteiger partial charge in [0.2, 0.25) is 0 Å². The smallest absolute Gasteiger partial charge is 0.145 e. The summed E-state index contributed by atoms with van der Waals surface area (Å²) in [5.41, 5.74) is 6.86. The summed E-state index contributed by atoms with van der Waals surface area (Å²) in [6.45, 7) is 11.1. The fraction of sp³-hybridized carbons (Fsp3) is 0.391. The number of piperazine rings is 1. The Bertz CT molecular complexity index is 1210. The lowest BCUT2D eigenvalue weighted by molar-refractivity contribution is -0.104. The van der Waals surface area contributed by atoms with Crippen molar-refractivity contribution in [1.29, 1.82) is 0 Å². The van der Waals surface area contributed by atoms with E-state index in [1.54, 1.807) is 4.52 Å². The Morgan fingerprint density at radius 3 is 2.77 bits per heavy atom. The van der Waals surface area contributed by atoms with E-state index in [0.29, 0.717) is 17.4 Å². The number of anilines is 1. The molecule has 31 heavy (non-hydrogen) atoms. The highest BCUT2D eigenvalue weighted by Gasteiger charge is 2.17. The van der Waals surface area contributed by atoms with Crippen molar-refractivity contribution >= 4 is 23.2 Å². The Kier molecular flexibility index (Phi) is 5.73. The molecule has 0 amide bonds. The quantitative estimate of drug-likeness (QED) is 0.516. The number of aldehydes is 1. The first-order valence-electron chi connectivity index (χ1n) is 10.6. The molecule has 1 fully saturated rings. The molecule has 0 unspecified atom stereocenters. The van der Waals surface area contributed by atoms with E-state index in [-0.39, 0.29) is 0 Å². The molecule has 8 nitrogen and oxygen atoms in total. The molecule has 3 aromatic rings. The zero-order valence-corrected chi connectivity index (χ0v) is 18.8. The zero-order valence-electron chi connectivity index (χ0n) is 18.8. The van der Waals surface area contributed by atoms with Crippen molar-refractivity contribution in [2.24, 2.45) is 12.0 Å². The molecule has 0 aromatic carbocycles. The second kappa shape index (κ2) is 8.47. The topological polar surface area (TPSA) is 79.8 Å². The molecule has 0 saturated carbocycles. The number of hydrogen-bond donors (Lipinski definition) is 1. The Morgan fingerprint density at radius 1 is 1.26 bits per heavy atom. The van der Waals surface area contributed by atoms with Crippen molar-refractivity contribution in [2.75, 3.05) is 24.5 Å². The number of fused-ring (bicyclic) bond motifs is 1. The number of carbonyl (C=O) groups is 1. The largest absolute Gasteiger partial charge is 0.368 e. The molecular formula is C23H29N7O. The molecule has 162 valence electrons. The van der Waals surface area contributed by atoms with Gasteiger partial charge in [-0.05, 0) is 45.4 Å². The van der Waals surface area contributed by atoms with Crippen LogP contribution in [0, 0.1) is 20.8 Å². The predicted octanol–water partition coefficient (Wildman–Crippen LogP) is 1.93. The van der Waals surface area contributed by atoms with E-state index in [2.05, 4.69) is 39.5 Å². The monoisotopic (exact) mass is 419 g/mol. The number of nitrogens with zero attached hydrogens (tertiary/aromatic N) is 6. The minimum Gasteiger partial charge on any atom is -0.368 e. The molecule has 1 N–H and O–H groups in total. The molecule has 4 heterocycles. The average Bonchev–Trinajstić information content (AvgIpc) is 3.14. The second-order valence-electron chi connectivity index (χ2n) is 8.24. The van der Waals surface area contributed by atoms with E-state index in [1.807, 2.05) is 44.6 Å². The van der Waals surface area contributed by atoms with Crippen LogP contribution in [0.5, 0.6) is 0 Å². The molecule has 0 radical (unpaired) electrons. The van der Waals surface area contributed by atoms with Gasteiger partial charge >= 0.3 is 0 Å². The third-order valence-corrected chi connectivity index (χ3v) is 5.59. The fourth-order valence-electron chi connectivity index (χ4n) is 4.14. The lowest BCUT2D eigenvalue weighted by Crippen LogP contribution is -2.49. The van der Waals surface area contributed by atoms with Crippen LogP contribution >= 0.6 is 0 Å². The number of carbonyl (C=O) groups excluding carboxylic acids is 1. The summed E-state index contributed by atoms with van der Waals surface area (Å²) >= 11 is 0. The standard InChI is InChI=1S/C23H29N7O/c1-15-10-19(29-8-7-24-16(2)12-29)14-28(5)23(15)26-20(6-9-31)21-11-22-18(4)25-17(3)13-30(22)27-21/h6,9-11,13-14,16,24H,7-8,12H2,1-5H3/b20-6-,26-23?/t16-/m1/s1. The van der Waals surface area contributed by atoms with Crippen molar-refractivity contribution in [2.45, 2.75) is 33.7 Å². The van der Waals surface area contributed by atoms with E-state index in [4.69, 9.17) is 4.99 Å². The van der Waals surface area contributed by atoms with Gasteiger partial charge in [0, 0.05) is 45.0 Å². The van der Waals surface area contributed by atoms with Crippen LogP contribution in [-0.2, 0) is 11.8 Å². The lowest BCUT2D eigenvalue weighted by atomic mass is 10.2. The normalized spacial score (nSPS) is 18.1. The minimum atomic E-state index is 0.461. The van der Waals surface area contributed by atoms with Gasteiger partial charge in [-0.2, -0.15) is 5.10 Å². The van der Waals surface area contributed by atoms with Crippen LogP contribution in [0.15, 0.2) is 35.6 Å². The lowest BCUT2D eigenvalue weighted by Gasteiger charge is -2.34. The van der Waals surface area contributed by atoms with Gasteiger partial charge in [0.25, 0.3) is 0 Å². The number of rotatable bonds is 4. The molecule has 0 aliphatic carbocycles. The Balaban J connectivity index is 1.77. The van der Waals surface area contributed by atoms with Gasteiger partial charge in [0.15, 0.2) is 0 Å².